The van der Waals surface area contributed by atoms with Crippen molar-refractivity contribution < 1.29 is 14.4 Å². The van der Waals surface area contributed by atoms with Crippen LogP contribution in [-0.2, 0) is 4.79 Å². The molecule has 0 radical (unpaired) electrons. The number of para-hydroxylation sites is 1. The zero-order valence-electron chi connectivity index (χ0n) is 13.8. The number of carbonyl (C=O) groups is 3. The molecule has 2 aromatic rings. The highest BCUT2D eigenvalue weighted by molar-refractivity contribution is 5.97. The van der Waals surface area contributed by atoms with Crippen molar-refractivity contribution in [2.75, 3.05) is 24.2 Å². The molecule has 4 amide bonds. The number of anilines is 2. The fourth-order valence-corrected chi connectivity index (χ4v) is 2.09. The Balaban J connectivity index is 1.75. The quantitative estimate of drug-likeness (QED) is 0.649. The van der Waals surface area contributed by atoms with Crippen molar-refractivity contribution in [1.82, 2.24) is 10.6 Å². The molecule has 7 nitrogen and oxygen atoms in total. The first-order valence-electron chi connectivity index (χ1n) is 7.80. The van der Waals surface area contributed by atoms with Gasteiger partial charge in [0.05, 0.1) is 0 Å². The molecular weight excluding hydrogens is 320 g/mol. The molecule has 0 aliphatic carbocycles. The highest BCUT2D eigenvalue weighted by Crippen LogP contribution is 2.11. The Bertz CT molecular complexity index is 747. The summed E-state index contributed by atoms with van der Waals surface area (Å²) in [6.45, 7) is 0.194. The van der Waals surface area contributed by atoms with E-state index in [1.807, 2.05) is 18.2 Å². The molecule has 0 aromatic heterocycles. The molecule has 0 unspecified atom stereocenters. The van der Waals surface area contributed by atoms with E-state index in [9.17, 15) is 14.4 Å². The minimum Gasteiger partial charge on any atom is -0.355 e. The fourth-order valence-electron chi connectivity index (χ4n) is 2.09. The predicted molar refractivity (Wildman–Crippen MR) is 96.5 cm³/mol. The highest BCUT2D eigenvalue weighted by Gasteiger charge is 2.07. The molecule has 0 aliphatic rings. The Morgan fingerprint density at radius 1 is 0.880 bits per heavy atom. The molecule has 130 valence electrons. The van der Waals surface area contributed by atoms with Crippen molar-refractivity contribution in [3.63, 3.8) is 0 Å². The molecule has 2 rings (SSSR count). The predicted octanol–water partition coefficient (Wildman–Crippen LogP) is 2.20. The van der Waals surface area contributed by atoms with E-state index in [1.54, 1.807) is 43.4 Å². The van der Waals surface area contributed by atoms with E-state index in [4.69, 9.17) is 0 Å². The molecule has 0 heterocycles. The number of nitrogens with one attached hydrogen (secondary N) is 4. The van der Waals surface area contributed by atoms with Gasteiger partial charge < -0.3 is 21.3 Å². The van der Waals surface area contributed by atoms with Crippen LogP contribution in [0.2, 0.25) is 0 Å². The molecule has 0 bridgehead atoms. The zero-order chi connectivity index (χ0) is 18.1. The lowest BCUT2D eigenvalue weighted by atomic mass is 10.2. The number of amides is 4. The number of hydrogen-bond donors (Lipinski definition) is 4. The molecule has 7 heteroatoms. The molecule has 25 heavy (non-hydrogen) atoms. The highest BCUT2D eigenvalue weighted by atomic mass is 16.2. The second-order valence-electron chi connectivity index (χ2n) is 5.21. The average Bonchev–Trinajstić information content (AvgIpc) is 2.62. The van der Waals surface area contributed by atoms with Crippen molar-refractivity contribution in [3.8, 4) is 0 Å². The maximum Gasteiger partial charge on any atom is 0.319 e. The van der Waals surface area contributed by atoms with Gasteiger partial charge >= 0.3 is 6.03 Å². The van der Waals surface area contributed by atoms with Gasteiger partial charge in [-0.3, -0.25) is 9.59 Å². The van der Waals surface area contributed by atoms with Gasteiger partial charge in [0.2, 0.25) is 5.91 Å². The summed E-state index contributed by atoms with van der Waals surface area (Å²) < 4.78 is 0. The average molecular weight is 340 g/mol. The van der Waals surface area contributed by atoms with Crippen LogP contribution in [-0.4, -0.2) is 31.4 Å². The van der Waals surface area contributed by atoms with Crippen LogP contribution in [0.3, 0.4) is 0 Å². The molecule has 0 fully saturated rings. The zero-order valence-corrected chi connectivity index (χ0v) is 13.8. The molecule has 0 saturated heterocycles. The van der Waals surface area contributed by atoms with E-state index in [1.165, 1.54) is 0 Å². The van der Waals surface area contributed by atoms with Crippen molar-refractivity contribution in [2.24, 2.45) is 0 Å². The summed E-state index contributed by atoms with van der Waals surface area (Å²) in [5.41, 5.74) is 1.66. The number of urea groups is 1. The Labute approximate surface area is 145 Å². The normalized spacial score (nSPS) is 9.80. The first-order chi connectivity index (χ1) is 12.1. The topological polar surface area (TPSA) is 99.3 Å². The Morgan fingerprint density at radius 2 is 1.60 bits per heavy atom. The number of carbonyl (C=O) groups excluding carboxylic acids is 3. The summed E-state index contributed by atoms with van der Waals surface area (Å²) in [6.07, 6.45) is 0.117. The largest absolute Gasteiger partial charge is 0.355 e. The number of benzene rings is 2. The Hall–Kier alpha value is -3.35. The van der Waals surface area contributed by atoms with Crippen LogP contribution in [0, 0.1) is 0 Å². The third kappa shape index (κ3) is 5.98. The van der Waals surface area contributed by atoms with E-state index in [0.717, 1.165) is 0 Å². The van der Waals surface area contributed by atoms with Gasteiger partial charge in [0.1, 0.15) is 0 Å². The summed E-state index contributed by atoms with van der Waals surface area (Å²) >= 11 is 0. The maximum absolute atomic E-state index is 11.9. The van der Waals surface area contributed by atoms with Crippen molar-refractivity contribution in [2.45, 2.75) is 6.42 Å². The molecule has 0 atom stereocenters. The van der Waals surface area contributed by atoms with Gasteiger partial charge in [0.25, 0.3) is 5.91 Å². The van der Waals surface area contributed by atoms with Crippen LogP contribution in [0.25, 0.3) is 0 Å². The Kier molecular flexibility index (Phi) is 6.53. The molecule has 0 spiro atoms. The number of rotatable bonds is 6. The molecule has 0 aliphatic heterocycles. The summed E-state index contributed by atoms with van der Waals surface area (Å²) in [6, 6.07) is 15.3. The van der Waals surface area contributed by atoms with Crippen LogP contribution in [0.1, 0.15) is 16.8 Å². The first kappa shape index (κ1) is 18.0. The van der Waals surface area contributed by atoms with Gasteiger partial charge in [-0.2, -0.15) is 0 Å². The minimum absolute atomic E-state index is 0.117. The summed E-state index contributed by atoms with van der Waals surface area (Å²) in [5.74, 6) is -0.482. The lowest BCUT2D eigenvalue weighted by molar-refractivity contribution is -0.116. The minimum atomic E-state index is -0.374. The van der Waals surface area contributed by atoms with E-state index in [0.29, 0.717) is 16.9 Å². The SMILES string of the molecule is CNC(=O)c1cccc(NC(=O)CCNC(=O)Nc2ccccc2)c1. The van der Waals surface area contributed by atoms with E-state index < -0.39 is 0 Å². The van der Waals surface area contributed by atoms with Gasteiger partial charge in [-0.25, -0.2) is 4.79 Å². The van der Waals surface area contributed by atoms with E-state index in [-0.39, 0.29) is 30.8 Å². The third-order valence-electron chi connectivity index (χ3n) is 3.30. The van der Waals surface area contributed by atoms with Gasteiger partial charge in [-0.1, -0.05) is 24.3 Å². The smallest absolute Gasteiger partial charge is 0.319 e. The first-order valence-corrected chi connectivity index (χ1v) is 7.80. The molecule has 2 aromatic carbocycles. The van der Waals surface area contributed by atoms with Crippen LogP contribution in [0.5, 0.6) is 0 Å². The fraction of sp³-hybridized carbons (Fsp3) is 0.167. The molecule has 4 N–H and O–H groups in total. The molecular formula is C18H20N4O3. The number of hydrogen-bond acceptors (Lipinski definition) is 3. The van der Waals surface area contributed by atoms with Crippen LogP contribution in [0.4, 0.5) is 16.2 Å². The molecule has 0 saturated carbocycles. The maximum atomic E-state index is 11.9. The summed E-state index contributed by atoms with van der Waals surface area (Å²) in [7, 11) is 1.54. The second-order valence-corrected chi connectivity index (χ2v) is 5.21. The van der Waals surface area contributed by atoms with Crippen LogP contribution >= 0.6 is 0 Å². The van der Waals surface area contributed by atoms with E-state index in [2.05, 4.69) is 21.3 Å². The van der Waals surface area contributed by atoms with Crippen molar-refractivity contribution in [1.29, 1.82) is 0 Å². The lowest BCUT2D eigenvalue weighted by Crippen LogP contribution is -2.31. The Morgan fingerprint density at radius 3 is 2.32 bits per heavy atom. The monoisotopic (exact) mass is 340 g/mol. The van der Waals surface area contributed by atoms with Crippen molar-refractivity contribution in [3.05, 3.63) is 60.2 Å². The third-order valence-corrected chi connectivity index (χ3v) is 3.30. The van der Waals surface area contributed by atoms with Gasteiger partial charge in [-0.15, -0.1) is 0 Å². The van der Waals surface area contributed by atoms with Gasteiger partial charge in [-0.05, 0) is 30.3 Å². The second kappa shape index (κ2) is 9.07. The standard InChI is InChI=1S/C18H20N4O3/c1-19-17(24)13-6-5-9-15(12-13)21-16(23)10-11-20-18(25)22-14-7-3-2-4-8-14/h2-9,12H,10-11H2,1H3,(H,19,24)(H,21,23)(H2,20,22,25). The van der Waals surface area contributed by atoms with Crippen molar-refractivity contribution >= 4 is 29.2 Å². The van der Waals surface area contributed by atoms with Crippen LogP contribution < -0.4 is 21.3 Å². The van der Waals surface area contributed by atoms with Crippen LogP contribution in [0.15, 0.2) is 54.6 Å². The summed E-state index contributed by atoms with van der Waals surface area (Å²) in [5, 5.41) is 10.5. The van der Waals surface area contributed by atoms with Gasteiger partial charge in [0, 0.05) is 37.0 Å². The lowest BCUT2D eigenvalue weighted by Gasteiger charge is -2.09. The summed E-state index contributed by atoms with van der Waals surface area (Å²) in [4.78, 5) is 35.2. The van der Waals surface area contributed by atoms with Gasteiger partial charge in [0.15, 0.2) is 0 Å². The van der Waals surface area contributed by atoms with E-state index >= 15 is 0 Å².